The van der Waals surface area contributed by atoms with E-state index in [1.807, 2.05) is 0 Å². The van der Waals surface area contributed by atoms with Crippen LogP contribution in [0.1, 0.15) is 19.3 Å². The number of aliphatic hydroxyl groups excluding tert-OH is 1. The Morgan fingerprint density at radius 3 is 2.38 bits per heavy atom. The predicted molar refractivity (Wildman–Crippen MR) is 53.3 cm³/mol. The van der Waals surface area contributed by atoms with Gasteiger partial charge in [0.1, 0.15) is 0 Å². The van der Waals surface area contributed by atoms with Crippen LogP contribution >= 0.6 is 0 Å². The van der Waals surface area contributed by atoms with Crippen molar-refractivity contribution in [2.75, 3.05) is 6.61 Å². The van der Waals surface area contributed by atoms with Crippen molar-refractivity contribution >= 4 is 0 Å². The maximum atomic E-state index is 8.96. The van der Waals surface area contributed by atoms with Crippen LogP contribution in [0.15, 0.2) is 44.3 Å². The summed E-state index contributed by atoms with van der Waals surface area (Å²) in [5, 5.41) is 8.96. The molecule has 0 heterocycles. The minimum Gasteiger partial charge on any atom is -1.00 e. The summed E-state index contributed by atoms with van der Waals surface area (Å²) in [6, 6.07) is 0. The third-order valence-electron chi connectivity index (χ3n) is 2.67. The first kappa shape index (κ1) is 16.4. The smallest absolute Gasteiger partial charge is 1.00 e. The number of allylic oxidation sites excluding steroid dienone is 7. The van der Waals surface area contributed by atoms with Crippen molar-refractivity contribution in [3.8, 4) is 0 Å². The molecule has 0 aliphatic heterocycles. The van der Waals surface area contributed by atoms with Crippen LogP contribution in [0.4, 0.5) is 0 Å². The van der Waals surface area contributed by atoms with Crippen molar-refractivity contribution in [3.63, 3.8) is 0 Å². The van der Waals surface area contributed by atoms with E-state index in [9.17, 15) is 0 Å². The molecule has 0 aromatic heterocycles. The number of rotatable bonds is 3. The maximum Gasteiger partial charge on any atom is -1.00 e. The number of halogens is 2. The average Bonchev–Trinajstić information content (AvgIpc) is 2.74. The Balaban J connectivity index is 0.00000112. The minimum absolute atomic E-state index is 0. The normalized spacial score (nSPS) is 17.9. The number of aliphatic hydroxyl groups is 1. The topological polar surface area (TPSA) is 20.2 Å². The van der Waals surface area contributed by atoms with Gasteiger partial charge in [-0.25, -0.2) is 0 Å². The summed E-state index contributed by atoms with van der Waals surface area (Å²) in [5.41, 5.74) is 4.21. The first-order valence-electron chi connectivity index (χ1n) is 4.94. The molecular weight excluding hydrogens is 322 g/mol. The molecule has 1 nitrogen and oxygen atoms in total. The fourth-order valence-electron chi connectivity index (χ4n) is 1.98. The van der Waals surface area contributed by atoms with Crippen LogP contribution < -0.4 is 24.8 Å². The van der Waals surface area contributed by atoms with E-state index in [1.54, 1.807) is 3.28 Å². The molecule has 0 aromatic carbocycles. The molecule has 0 amide bonds. The first-order valence-corrected chi connectivity index (χ1v) is 6.17. The monoisotopic (exact) mass is 333 g/mol. The summed E-state index contributed by atoms with van der Waals surface area (Å²) in [5.74, 6) is 0. The quantitative estimate of drug-likeness (QED) is 0.565. The van der Waals surface area contributed by atoms with Gasteiger partial charge in [-0.2, -0.15) is 0 Å². The molecule has 0 atom stereocenters. The van der Waals surface area contributed by atoms with Gasteiger partial charge in [0.15, 0.2) is 0 Å². The van der Waals surface area contributed by atoms with E-state index in [4.69, 9.17) is 5.11 Å². The SMILES string of the molecule is OCCC1=C(C2=[C]([Zr+2])CC=C2)CC=C1.[Cl-].[Cl-]. The van der Waals surface area contributed by atoms with Gasteiger partial charge in [-0.1, -0.05) is 0 Å². The van der Waals surface area contributed by atoms with Crippen LogP contribution in [0.25, 0.3) is 0 Å². The van der Waals surface area contributed by atoms with Gasteiger partial charge in [0.05, 0.1) is 0 Å². The van der Waals surface area contributed by atoms with E-state index in [0.717, 1.165) is 19.3 Å². The van der Waals surface area contributed by atoms with Crippen molar-refractivity contribution in [2.45, 2.75) is 19.3 Å². The molecule has 4 heteroatoms. The van der Waals surface area contributed by atoms with Crippen molar-refractivity contribution < 1.29 is 54.6 Å². The Morgan fingerprint density at radius 2 is 1.81 bits per heavy atom. The Bertz CT molecular complexity index is 367. The van der Waals surface area contributed by atoms with Gasteiger partial charge < -0.3 is 24.8 Å². The standard InChI is InChI=1S/C12H13O.2ClH.Zr/c13-9-8-11-6-3-7-12(11)10-4-1-2-5-10;;;/h1,3-4,6,13H,2,7-9H2;2*1H;/q;;;+2/p-2. The van der Waals surface area contributed by atoms with Crippen molar-refractivity contribution in [2.24, 2.45) is 0 Å². The molecule has 0 fully saturated rings. The number of hydrogen-bond acceptors (Lipinski definition) is 1. The molecule has 0 bridgehead atoms. The van der Waals surface area contributed by atoms with Crippen molar-refractivity contribution in [1.29, 1.82) is 0 Å². The summed E-state index contributed by atoms with van der Waals surface area (Å²) in [6.45, 7) is 0.257. The molecule has 0 saturated carbocycles. The Hall–Kier alpha value is 0.383. The summed E-state index contributed by atoms with van der Waals surface area (Å²) < 4.78 is 1.55. The fourth-order valence-corrected chi connectivity index (χ4v) is 2.84. The average molecular weight is 335 g/mol. The molecule has 1 N–H and O–H groups in total. The first-order chi connectivity index (χ1) is 6.83. The molecule has 85 valence electrons. The molecule has 2 aliphatic rings. The van der Waals surface area contributed by atoms with Gasteiger partial charge in [-0.05, 0) is 0 Å². The zero-order valence-corrected chi connectivity index (χ0v) is 12.8. The Labute approximate surface area is 124 Å². The molecule has 0 radical (unpaired) electrons. The van der Waals surface area contributed by atoms with E-state index in [0.29, 0.717) is 0 Å². The van der Waals surface area contributed by atoms with Crippen LogP contribution in [0.5, 0.6) is 0 Å². The van der Waals surface area contributed by atoms with Crippen LogP contribution in [-0.2, 0) is 24.7 Å². The second-order valence-corrected chi connectivity index (χ2v) is 5.07. The van der Waals surface area contributed by atoms with E-state index in [2.05, 4.69) is 24.3 Å². The third-order valence-corrected chi connectivity index (χ3v) is 3.83. The number of hydrogen-bond donors (Lipinski definition) is 1. The van der Waals surface area contributed by atoms with Gasteiger partial charge in [0.2, 0.25) is 0 Å². The molecule has 0 saturated heterocycles. The van der Waals surface area contributed by atoms with Gasteiger partial charge in [0.25, 0.3) is 0 Å². The zero-order valence-electron chi connectivity index (χ0n) is 8.84. The van der Waals surface area contributed by atoms with E-state index < -0.39 is 0 Å². The van der Waals surface area contributed by atoms with Crippen LogP contribution in [0.3, 0.4) is 0 Å². The molecule has 0 unspecified atom stereocenters. The van der Waals surface area contributed by atoms with Gasteiger partial charge in [-0.3, -0.25) is 0 Å². The zero-order chi connectivity index (χ0) is 9.97. The largest absolute Gasteiger partial charge is 1.00 e. The van der Waals surface area contributed by atoms with Crippen LogP contribution in [-0.4, -0.2) is 11.7 Å². The van der Waals surface area contributed by atoms with Gasteiger partial charge in [-0.15, -0.1) is 0 Å². The van der Waals surface area contributed by atoms with Crippen LogP contribution in [0, 0.1) is 0 Å². The fraction of sp³-hybridized carbons (Fsp3) is 0.333. The predicted octanol–water partition coefficient (Wildman–Crippen LogP) is -3.61. The Morgan fingerprint density at radius 1 is 1.12 bits per heavy atom. The Kier molecular flexibility index (Phi) is 7.84. The van der Waals surface area contributed by atoms with E-state index in [-0.39, 0.29) is 31.4 Å². The molecule has 2 aliphatic carbocycles. The molecule has 0 spiro atoms. The second kappa shape index (κ2) is 7.66. The van der Waals surface area contributed by atoms with Crippen molar-refractivity contribution in [3.05, 3.63) is 44.3 Å². The van der Waals surface area contributed by atoms with Crippen LogP contribution in [0.2, 0.25) is 0 Å². The molecule has 2 rings (SSSR count). The summed E-state index contributed by atoms with van der Waals surface area (Å²) in [6.07, 6.45) is 11.8. The molecular formula is C12H13Cl2OZr. The van der Waals surface area contributed by atoms with E-state index in [1.165, 1.54) is 41.4 Å². The molecule has 0 aromatic rings. The minimum atomic E-state index is 0. The third kappa shape index (κ3) is 3.44. The second-order valence-electron chi connectivity index (χ2n) is 3.58. The van der Waals surface area contributed by atoms with Crippen molar-refractivity contribution in [1.82, 2.24) is 0 Å². The summed E-state index contributed by atoms with van der Waals surface area (Å²) in [4.78, 5) is 0. The van der Waals surface area contributed by atoms with Gasteiger partial charge >= 0.3 is 100.0 Å². The van der Waals surface area contributed by atoms with Gasteiger partial charge in [0, 0.05) is 0 Å². The summed E-state index contributed by atoms with van der Waals surface area (Å²) in [7, 11) is 0. The summed E-state index contributed by atoms with van der Waals surface area (Å²) >= 11 is 1.52. The van der Waals surface area contributed by atoms with E-state index >= 15 is 0 Å². The molecule has 16 heavy (non-hydrogen) atoms. The maximum absolute atomic E-state index is 8.96.